The van der Waals surface area contributed by atoms with Gasteiger partial charge in [0.2, 0.25) is 0 Å². The summed E-state index contributed by atoms with van der Waals surface area (Å²) in [5.74, 6) is 1.22. The molecule has 1 aromatic heterocycles. The highest BCUT2D eigenvalue weighted by Crippen LogP contribution is 2.38. The zero-order chi connectivity index (χ0) is 11.9. The molecule has 1 N–H and O–H groups in total. The van der Waals surface area contributed by atoms with Crippen LogP contribution in [0.1, 0.15) is 31.9 Å². The Morgan fingerprint density at radius 1 is 1.12 bits per heavy atom. The van der Waals surface area contributed by atoms with Gasteiger partial charge in [0.05, 0.1) is 6.04 Å². The zero-order valence-corrected chi connectivity index (χ0v) is 10.4. The first kappa shape index (κ1) is 10.5. The summed E-state index contributed by atoms with van der Waals surface area (Å²) >= 11 is 0. The molecule has 1 atom stereocenters. The number of nitrogens with one attached hydrogen (secondary N) is 1. The van der Waals surface area contributed by atoms with Crippen LogP contribution in [-0.4, -0.2) is 4.57 Å². The van der Waals surface area contributed by atoms with Crippen molar-refractivity contribution in [3.8, 4) is 0 Å². The molecule has 0 fully saturated rings. The average Bonchev–Trinajstić information content (AvgIpc) is 2.78. The van der Waals surface area contributed by atoms with Crippen molar-refractivity contribution in [3.63, 3.8) is 0 Å². The van der Waals surface area contributed by atoms with E-state index >= 15 is 0 Å². The van der Waals surface area contributed by atoms with Gasteiger partial charge in [-0.05, 0) is 38.0 Å². The van der Waals surface area contributed by atoms with Gasteiger partial charge in [0.25, 0.3) is 0 Å². The van der Waals surface area contributed by atoms with Crippen LogP contribution in [-0.2, 0) is 5.54 Å². The predicted octanol–water partition coefficient (Wildman–Crippen LogP) is 3.78. The van der Waals surface area contributed by atoms with Crippen LogP contribution in [0.5, 0.6) is 0 Å². The van der Waals surface area contributed by atoms with Crippen LogP contribution in [0.25, 0.3) is 0 Å². The van der Waals surface area contributed by atoms with E-state index in [1.165, 1.54) is 11.4 Å². The Labute approximate surface area is 102 Å². The molecule has 2 heterocycles. The largest absolute Gasteiger partial charge is 0.365 e. The van der Waals surface area contributed by atoms with Crippen molar-refractivity contribution in [2.75, 3.05) is 5.32 Å². The third kappa shape index (κ3) is 1.74. The first-order valence-corrected chi connectivity index (χ1v) is 6.16. The number of anilines is 1. The fourth-order valence-corrected chi connectivity index (χ4v) is 2.74. The van der Waals surface area contributed by atoms with E-state index in [0.29, 0.717) is 6.04 Å². The Balaban J connectivity index is 1.98. The molecule has 0 saturated heterocycles. The minimum atomic E-state index is 0.171. The Hall–Kier alpha value is -1.70. The Bertz CT molecular complexity index is 511. The molecule has 1 aromatic carbocycles. The Kier molecular flexibility index (Phi) is 2.25. The summed E-state index contributed by atoms with van der Waals surface area (Å²) in [5.41, 5.74) is 1.54. The Morgan fingerprint density at radius 2 is 1.88 bits per heavy atom. The van der Waals surface area contributed by atoms with Crippen molar-refractivity contribution in [3.05, 3.63) is 54.2 Å². The highest BCUT2D eigenvalue weighted by molar-refractivity contribution is 5.44. The second-order valence-electron chi connectivity index (χ2n) is 5.39. The zero-order valence-electron chi connectivity index (χ0n) is 10.4. The maximum Gasteiger partial charge on any atom is 0.106 e. The summed E-state index contributed by atoms with van der Waals surface area (Å²) in [5, 5.41) is 3.61. The summed E-state index contributed by atoms with van der Waals surface area (Å²) in [6.45, 7) is 4.60. The van der Waals surface area contributed by atoms with Gasteiger partial charge in [-0.3, -0.25) is 0 Å². The SMILES string of the molecule is CC1(C)CC(c2ccccc2)Nc2cccn21. The van der Waals surface area contributed by atoms with Crippen LogP contribution in [0.2, 0.25) is 0 Å². The van der Waals surface area contributed by atoms with E-state index in [-0.39, 0.29) is 5.54 Å². The molecular weight excluding hydrogens is 208 g/mol. The molecule has 1 aliphatic heterocycles. The fraction of sp³-hybridized carbons (Fsp3) is 0.333. The highest BCUT2D eigenvalue weighted by atomic mass is 15.2. The molecule has 0 bridgehead atoms. The van der Waals surface area contributed by atoms with Gasteiger partial charge in [-0.15, -0.1) is 0 Å². The number of rotatable bonds is 1. The molecule has 1 unspecified atom stereocenters. The van der Waals surface area contributed by atoms with Crippen LogP contribution >= 0.6 is 0 Å². The standard InChI is InChI=1S/C15H18N2/c1-15(2)11-13(12-7-4-3-5-8-12)16-14-9-6-10-17(14)15/h3-10,13,16H,11H2,1-2H3. The highest BCUT2D eigenvalue weighted by Gasteiger charge is 2.31. The van der Waals surface area contributed by atoms with Crippen LogP contribution in [0, 0.1) is 0 Å². The number of hydrogen-bond acceptors (Lipinski definition) is 1. The van der Waals surface area contributed by atoms with Gasteiger partial charge in [0, 0.05) is 11.7 Å². The number of benzene rings is 1. The average molecular weight is 226 g/mol. The van der Waals surface area contributed by atoms with Gasteiger partial charge < -0.3 is 9.88 Å². The van der Waals surface area contributed by atoms with E-state index in [4.69, 9.17) is 0 Å². The van der Waals surface area contributed by atoms with Crippen molar-refractivity contribution in [1.82, 2.24) is 4.57 Å². The van der Waals surface area contributed by atoms with Crippen LogP contribution < -0.4 is 5.32 Å². The second-order valence-corrected chi connectivity index (χ2v) is 5.39. The van der Waals surface area contributed by atoms with Crippen molar-refractivity contribution in [1.29, 1.82) is 0 Å². The molecule has 2 nitrogen and oxygen atoms in total. The molecule has 0 aliphatic carbocycles. The molecular formula is C15H18N2. The first-order chi connectivity index (χ1) is 8.17. The summed E-state index contributed by atoms with van der Waals surface area (Å²) < 4.78 is 2.33. The topological polar surface area (TPSA) is 17.0 Å². The molecule has 1 aliphatic rings. The minimum Gasteiger partial charge on any atom is -0.365 e. The first-order valence-electron chi connectivity index (χ1n) is 6.16. The summed E-state index contributed by atoms with van der Waals surface area (Å²) in [6.07, 6.45) is 3.27. The van der Waals surface area contributed by atoms with E-state index in [0.717, 1.165) is 6.42 Å². The minimum absolute atomic E-state index is 0.171. The maximum atomic E-state index is 3.61. The number of aromatic nitrogens is 1. The molecule has 88 valence electrons. The normalized spacial score (nSPS) is 21.6. The maximum absolute atomic E-state index is 3.61. The molecule has 2 heteroatoms. The summed E-state index contributed by atoms with van der Waals surface area (Å²) in [4.78, 5) is 0. The summed E-state index contributed by atoms with van der Waals surface area (Å²) in [6, 6.07) is 15.4. The molecule has 17 heavy (non-hydrogen) atoms. The van der Waals surface area contributed by atoms with Gasteiger partial charge in [-0.2, -0.15) is 0 Å². The van der Waals surface area contributed by atoms with Crippen LogP contribution in [0.15, 0.2) is 48.7 Å². The molecule has 2 aromatic rings. The lowest BCUT2D eigenvalue weighted by molar-refractivity contribution is 0.292. The molecule has 0 radical (unpaired) electrons. The monoisotopic (exact) mass is 226 g/mol. The van der Waals surface area contributed by atoms with Crippen LogP contribution in [0.4, 0.5) is 5.82 Å². The third-order valence-electron chi connectivity index (χ3n) is 3.63. The van der Waals surface area contributed by atoms with E-state index < -0.39 is 0 Å². The molecule has 0 amide bonds. The fourth-order valence-electron chi connectivity index (χ4n) is 2.74. The Morgan fingerprint density at radius 3 is 2.65 bits per heavy atom. The van der Waals surface area contributed by atoms with E-state index in [1.54, 1.807) is 0 Å². The van der Waals surface area contributed by atoms with Gasteiger partial charge in [-0.25, -0.2) is 0 Å². The smallest absolute Gasteiger partial charge is 0.106 e. The van der Waals surface area contributed by atoms with Crippen molar-refractivity contribution in [2.45, 2.75) is 31.8 Å². The van der Waals surface area contributed by atoms with Crippen molar-refractivity contribution in [2.24, 2.45) is 0 Å². The number of nitrogens with zero attached hydrogens (tertiary/aromatic N) is 1. The van der Waals surface area contributed by atoms with E-state index in [1.807, 2.05) is 0 Å². The van der Waals surface area contributed by atoms with E-state index in [9.17, 15) is 0 Å². The van der Waals surface area contributed by atoms with Gasteiger partial charge >= 0.3 is 0 Å². The van der Waals surface area contributed by atoms with Crippen molar-refractivity contribution >= 4 is 5.82 Å². The lowest BCUT2D eigenvalue weighted by Gasteiger charge is -2.39. The lowest BCUT2D eigenvalue weighted by atomic mass is 9.89. The molecule has 3 rings (SSSR count). The molecule has 0 spiro atoms. The number of fused-ring (bicyclic) bond motifs is 1. The number of hydrogen-bond donors (Lipinski definition) is 1. The predicted molar refractivity (Wildman–Crippen MR) is 71.2 cm³/mol. The van der Waals surface area contributed by atoms with Crippen molar-refractivity contribution < 1.29 is 0 Å². The third-order valence-corrected chi connectivity index (χ3v) is 3.63. The lowest BCUT2D eigenvalue weighted by Crippen LogP contribution is -2.36. The molecule has 0 saturated carbocycles. The van der Waals surface area contributed by atoms with Gasteiger partial charge in [-0.1, -0.05) is 30.3 Å². The van der Waals surface area contributed by atoms with Gasteiger partial charge in [0.15, 0.2) is 0 Å². The van der Waals surface area contributed by atoms with Crippen LogP contribution in [0.3, 0.4) is 0 Å². The quantitative estimate of drug-likeness (QED) is 0.783. The summed E-state index contributed by atoms with van der Waals surface area (Å²) in [7, 11) is 0. The van der Waals surface area contributed by atoms with E-state index in [2.05, 4.69) is 72.4 Å². The van der Waals surface area contributed by atoms with Gasteiger partial charge in [0.1, 0.15) is 5.82 Å². The second kappa shape index (κ2) is 3.66.